The summed E-state index contributed by atoms with van der Waals surface area (Å²) < 4.78 is 0. The molecule has 2 rings (SSSR count). The summed E-state index contributed by atoms with van der Waals surface area (Å²) >= 11 is 0. The van der Waals surface area contributed by atoms with Gasteiger partial charge < -0.3 is 15.1 Å². The molecule has 3 nitrogen and oxygen atoms in total. The highest BCUT2D eigenvalue weighted by atomic mass is 16.3. The highest BCUT2D eigenvalue weighted by Crippen LogP contribution is 2.33. The molecule has 0 bridgehead atoms. The van der Waals surface area contributed by atoms with Crippen molar-refractivity contribution in [2.24, 2.45) is 0 Å². The van der Waals surface area contributed by atoms with Crippen molar-refractivity contribution in [3.05, 3.63) is 82.9 Å². The Morgan fingerprint density at radius 2 is 1.64 bits per heavy atom. The van der Waals surface area contributed by atoms with Gasteiger partial charge in [-0.1, -0.05) is 62.9 Å². The van der Waals surface area contributed by atoms with E-state index in [1.54, 1.807) is 0 Å². The molecule has 2 N–H and O–H groups in total. The van der Waals surface area contributed by atoms with Gasteiger partial charge in [0.05, 0.1) is 13.2 Å². The normalized spacial score (nSPS) is 11.8. The predicted octanol–water partition coefficient (Wildman–Crippen LogP) is 4.64. The minimum absolute atomic E-state index is 0.0640. The van der Waals surface area contributed by atoms with Gasteiger partial charge in [0, 0.05) is 24.2 Å². The minimum atomic E-state index is -0.144. The zero-order valence-corrected chi connectivity index (χ0v) is 17.6. The standard InChI is InChI=1S/C25H33NO2/c1-19-8-6-7-9-24(19)25(4,5)21(3)10-11-22-12-13-23(18-20(22)2)26(14-16-27)15-17-28/h6-13,18,27-28H,3,14-17H2,1-2,4-5H3/b11-10+. The van der Waals surface area contributed by atoms with E-state index in [2.05, 4.69) is 82.8 Å². The number of aliphatic hydroxyl groups is 2. The van der Waals surface area contributed by atoms with E-state index in [0.717, 1.165) is 22.4 Å². The van der Waals surface area contributed by atoms with Crippen LogP contribution in [0.15, 0.2) is 60.7 Å². The number of allylic oxidation sites excluding steroid dienone is 2. The monoisotopic (exact) mass is 379 g/mol. The number of rotatable bonds is 9. The number of hydrogen-bond donors (Lipinski definition) is 2. The molecule has 0 saturated carbocycles. The van der Waals surface area contributed by atoms with Crippen LogP contribution in [0.1, 0.15) is 36.1 Å². The Bertz CT molecular complexity index is 830. The first kappa shape index (κ1) is 21.9. The summed E-state index contributed by atoms with van der Waals surface area (Å²) in [7, 11) is 0. The lowest BCUT2D eigenvalue weighted by Gasteiger charge is -2.28. The zero-order chi connectivity index (χ0) is 20.7. The Morgan fingerprint density at radius 3 is 2.21 bits per heavy atom. The molecule has 0 radical (unpaired) electrons. The number of hydrogen-bond acceptors (Lipinski definition) is 3. The second-order valence-electron chi connectivity index (χ2n) is 7.77. The molecule has 0 aliphatic heterocycles. The summed E-state index contributed by atoms with van der Waals surface area (Å²) in [6.45, 7) is 14.1. The highest BCUT2D eigenvalue weighted by molar-refractivity contribution is 5.62. The molecular weight excluding hydrogens is 346 g/mol. The Morgan fingerprint density at radius 1 is 1.00 bits per heavy atom. The van der Waals surface area contributed by atoms with E-state index < -0.39 is 0 Å². The van der Waals surface area contributed by atoms with E-state index >= 15 is 0 Å². The summed E-state index contributed by atoms with van der Waals surface area (Å²) in [5.74, 6) is 0. The van der Waals surface area contributed by atoms with Gasteiger partial charge in [-0.2, -0.15) is 0 Å². The number of benzene rings is 2. The summed E-state index contributed by atoms with van der Waals surface area (Å²) in [5.41, 5.74) is 6.78. The first-order chi connectivity index (χ1) is 13.3. The van der Waals surface area contributed by atoms with Crippen LogP contribution >= 0.6 is 0 Å². The van der Waals surface area contributed by atoms with E-state index in [1.807, 2.05) is 11.0 Å². The maximum absolute atomic E-state index is 9.24. The average Bonchev–Trinajstić information content (AvgIpc) is 2.66. The lowest BCUT2D eigenvalue weighted by atomic mass is 9.76. The maximum Gasteiger partial charge on any atom is 0.0606 e. The Kier molecular flexibility index (Phi) is 7.61. The van der Waals surface area contributed by atoms with E-state index in [9.17, 15) is 10.2 Å². The lowest BCUT2D eigenvalue weighted by Crippen LogP contribution is -2.29. The molecule has 0 atom stereocenters. The van der Waals surface area contributed by atoms with Crippen molar-refractivity contribution in [2.75, 3.05) is 31.2 Å². The molecule has 0 heterocycles. The largest absolute Gasteiger partial charge is 0.395 e. The topological polar surface area (TPSA) is 43.7 Å². The fraction of sp³-hybridized carbons (Fsp3) is 0.360. The van der Waals surface area contributed by atoms with Crippen LogP contribution in [0.2, 0.25) is 0 Å². The van der Waals surface area contributed by atoms with Gasteiger partial charge in [-0.05, 0) is 53.8 Å². The van der Waals surface area contributed by atoms with Gasteiger partial charge in [0.15, 0.2) is 0 Å². The summed E-state index contributed by atoms with van der Waals surface area (Å²) in [4.78, 5) is 1.99. The van der Waals surface area contributed by atoms with Gasteiger partial charge in [-0.3, -0.25) is 0 Å². The quantitative estimate of drug-likeness (QED) is 0.624. The van der Waals surface area contributed by atoms with Crippen LogP contribution in [0.25, 0.3) is 6.08 Å². The number of anilines is 1. The van der Waals surface area contributed by atoms with E-state index in [-0.39, 0.29) is 18.6 Å². The van der Waals surface area contributed by atoms with E-state index in [1.165, 1.54) is 11.1 Å². The predicted molar refractivity (Wildman–Crippen MR) is 120 cm³/mol. The second-order valence-corrected chi connectivity index (χ2v) is 7.77. The van der Waals surface area contributed by atoms with Gasteiger partial charge in [0.25, 0.3) is 0 Å². The number of aliphatic hydroxyl groups excluding tert-OH is 2. The summed E-state index contributed by atoms with van der Waals surface area (Å²) in [6, 6.07) is 14.7. The number of aryl methyl sites for hydroxylation is 2. The van der Waals surface area contributed by atoms with E-state index in [4.69, 9.17) is 0 Å². The molecular formula is C25H33NO2. The first-order valence-electron chi connectivity index (χ1n) is 9.82. The fourth-order valence-electron chi connectivity index (χ4n) is 3.50. The van der Waals surface area contributed by atoms with Crippen molar-refractivity contribution in [2.45, 2.75) is 33.1 Å². The van der Waals surface area contributed by atoms with Crippen molar-refractivity contribution in [3.63, 3.8) is 0 Å². The van der Waals surface area contributed by atoms with Crippen molar-refractivity contribution in [1.82, 2.24) is 0 Å². The van der Waals surface area contributed by atoms with Crippen LogP contribution in [0.3, 0.4) is 0 Å². The molecule has 0 aromatic heterocycles. The Balaban J connectivity index is 2.21. The molecule has 2 aromatic rings. The van der Waals surface area contributed by atoms with Crippen molar-refractivity contribution in [3.8, 4) is 0 Å². The Labute approximate surface area is 169 Å². The third-order valence-electron chi connectivity index (χ3n) is 5.44. The molecule has 0 unspecified atom stereocenters. The average molecular weight is 380 g/mol. The molecule has 0 aliphatic rings. The molecule has 0 saturated heterocycles. The van der Waals surface area contributed by atoms with Crippen LogP contribution in [0, 0.1) is 13.8 Å². The van der Waals surface area contributed by atoms with Crippen LogP contribution in [-0.2, 0) is 5.41 Å². The minimum Gasteiger partial charge on any atom is -0.395 e. The molecule has 2 aromatic carbocycles. The first-order valence-corrected chi connectivity index (χ1v) is 9.82. The van der Waals surface area contributed by atoms with Crippen LogP contribution in [0.4, 0.5) is 5.69 Å². The molecule has 0 spiro atoms. The lowest BCUT2D eigenvalue weighted by molar-refractivity contribution is 0.281. The van der Waals surface area contributed by atoms with Gasteiger partial charge in [0.1, 0.15) is 0 Å². The fourth-order valence-corrected chi connectivity index (χ4v) is 3.50. The van der Waals surface area contributed by atoms with Crippen LogP contribution < -0.4 is 4.90 Å². The van der Waals surface area contributed by atoms with Gasteiger partial charge in [-0.25, -0.2) is 0 Å². The number of nitrogens with zero attached hydrogens (tertiary/aromatic N) is 1. The molecule has 3 heteroatoms. The van der Waals surface area contributed by atoms with Gasteiger partial charge in [-0.15, -0.1) is 0 Å². The summed E-state index contributed by atoms with van der Waals surface area (Å²) in [6.07, 6.45) is 4.22. The molecule has 0 fully saturated rings. The van der Waals surface area contributed by atoms with Crippen molar-refractivity contribution >= 4 is 11.8 Å². The second kappa shape index (κ2) is 9.72. The van der Waals surface area contributed by atoms with Crippen LogP contribution in [0.5, 0.6) is 0 Å². The third-order valence-corrected chi connectivity index (χ3v) is 5.44. The third kappa shape index (κ3) is 5.12. The van der Waals surface area contributed by atoms with Crippen molar-refractivity contribution < 1.29 is 10.2 Å². The Hall–Kier alpha value is -2.36. The SMILES string of the molecule is C=C(/C=C/c1ccc(N(CCO)CCO)cc1C)C(C)(C)c1ccccc1C. The van der Waals surface area contributed by atoms with E-state index in [0.29, 0.717) is 13.1 Å². The molecule has 0 amide bonds. The zero-order valence-electron chi connectivity index (χ0n) is 17.6. The molecule has 28 heavy (non-hydrogen) atoms. The van der Waals surface area contributed by atoms with Crippen molar-refractivity contribution in [1.29, 1.82) is 0 Å². The van der Waals surface area contributed by atoms with Crippen LogP contribution in [-0.4, -0.2) is 36.5 Å². The maximum atomic E-state index is 9.24. The molecule has 0 aliphatic carbocycles. The summed E-state index contributed by atoms with van der Waals surface area (Å²) in [5, 5.41) is 18.5. The van der Waals surface area contributed by atoms with Gasteiger partial charge in [0.2, 0.25) is 0 Å². The van der Waals surface area contributed by atoms with Gasteiger partial charge >= 0.3 is 0 Å². The highest BCUT2D eigenvalue weighted by Gasteiger charge is 2.24. The molecule has 150 valence electrons. The smallest absolute Gasteiger partial charge is 0.0606 e.